The van der Waals surface area contributed by atoms with Crippen molar-refractivity contribution in [3.63, 3.8) is 0 Å². The van der Waals surface area contributed by atoms with Crippen molar-refractivity contribution in [1.29, 1.82) is 0 Å². The Morgan fingerprint density at radius 1 is 1.17 bits per heavy atom. The minimum absolute atomic E-state index is 0.0392. The topological polar surface area (TPSA) is 44.4 Å². The van der Waals surface area contributed by atoms with Crippen molar-refractivity contribution in [3.05, 3.63) is 48.0 Å². The molecule has 0 bridgehead atoms. The normalized spacial score (nSPS) is 19.4. The Hall–Kier alpha value is -2.33. The average Bonchev–Trinajstić information content (AvgIpc) is 2.74. The number of rotatable bonds is 2. The summed E-state index contributed by atoms with van der Waals surface area (Å²) < 4.78 is 0. The number of carbonyl (C=O) groups excluding carboxylic acids is 1. The lowest BCUT2D eigenvalue weighted by molar-refractivity contribution is -0.114. The van der Waals surface area contributed by atoms with E-state index in [1.807, 2.05) is 18.2 Å². The van der Waals surface area contributed by atoms with Gasteiger partial charge in [0.25, 0.3) is 0 Å². The Bertz CT molecular complexity index is 771. The number of amides is 1. The predicted octanol–water partition coefficient (Wildman–Crippen LogP) is 3.04. The van der Waals surface area contributed by atoms with Gasteiger partial charge >= 0.3 is 0 Å². The summed E-state index contributed by atoms with van der Waals surface area (Å²) in [7, 11) is 0. The van der Waals surface area contributed by atoms with Crippen LogP contribution < -0.4 is 15.5 Å². The molecule has 0 aromatic heterocycles. The highest BCUT2D eigenvalue weighted by atomic mass is 16.1. The van der Waals surface area contributed by atoms with Gasteiger partial charge in [0, 0.05) is 37.4 Å². The first-order chi connectivity index (χ1) is 11.7. The Morgan fingerprint density at radius 2 is 2.04 bits per heavy atom. The van der Waals surface area contributed by atoms with Gasteiger partial charge < -0.3 is 15.5 Å². The summed E-state index contributed by atoms with van der Waals surface area (Å²) in [4.78, 5) is 13.8. The van der Waals surface area contributed by atoms with Crippen LogP contribution in [0.2, 0.25) is 0 Å². The van der Waals surface area contributed by atoms with Crippen LogP contribution in [0, 0.1) is 0 Å². The van der Waals surface area contributed by atoms with Gasteiger partial charge in [-0.25, -0.2) is 0 Å². The van der Waals surface area contributed by atoms with E-state index < -0.39 is 0 Å². The third-order valence-electron chi connectivity index (χ3n) is 4.99. The van der Waals surface area contributed by atoms with Crippen LogP contribution >= 0.6 is 0 Å². The molecule has 1 amide bonds. The summed E-state index contributed by atoms with van der Waals surface area (Å²) >= 11 is 0. The summed E-state index contributed by atoms with van der Waals surface area (Å²) in [5.74, 6) is -0.0392. The molecule has 0 aliphatic carbocycles. The van der Waals surface area contributed by atoms with Gasteiger partial charge in [-0.15, -0.1) is 0 Å². The second-order valence-corrected chi connectivity index (χ2v) is 6.70. The van der Waals surface area contributed by atoms with Crippen molar-refractivity contribution in [3.8, 4) is 11.1 Å². The minimum atomic E-state index is -0.0392. The summed E-state index contributed by atoms with van der Waals surface area (Å²) in [6.07, 6.45) is 2.35. The average molecular weight is 321 g/mol. The maximum absolute atomic E-state index is 11.3. The van der Waals surface area contributed by atoms with Crippen LogP contribution in [-0.4, -0.2) is 31.6 Å². The maximum Gasteiger partial charge on any atom is 0.221 e. The summed E-state index contributed by atoms with van der Waals surface area (Å²) in [6.45, 7) is 4.81. The van der Waals surface area contributed by atoms with Crippen LogP contribution in [0.5, 0.6) is 0 Å². The zero-order chi connectivity index (χ0) is 16.5. The van der Waals surface area contributed by atoms with Crippen molar-refractivity contribution in [2.24, 2.45) is 0 Å². The predicted molar refractivity (Wildman–Crippen MR) is 98.5 cm³/mol. The molecule has 2 aliphatic heterocycles. The molecule has 2 heterocycles. The molecule has 0 spiro atoms. The number of fused-ring (bicyclic) bond motifs is 3. The van der Waals surface area contributed by atoms with Crippen LogP contribution in [0.1, 0.15) is 18.9 Å². The van der Waals surface area contributed by atoms with Crippen LogP contribution in [0.25, 0.3) is 11.1 Å². The lowest BCUT2D eigenvalue weighted by atomic mass is 10.00. The molecule has 1 unspecified atom stereocenters. The fourth-order valence-electron chi connectivity index (χ4n) is 3.90. The molecule has 2 aliphatic rings. The molecule has 2 aromatic rings. The third kappa shape index (κ3) is 2.89. The van der Waals surface area contributed by atoms with Gasteiger partial charge in [-0.1, -0.05) is 18.2 Å². The fourth-order valence-corrected chi connectivity index (χ4v) is 3.90. The van der Waals surface area contributed by atoms with Crippen molar-refractivity contribution in [2.75, 3.05) is 29.9 Å². The monoisotopic (exact) mass is 321 g/mol. The third-order valence-corrected chi connectivity index (χ3v) is 4.99. The molecule has 4 heteroatoms. The SMILES string of the molecule is CC(=O)Nc1cccc(-c2ccc3c(c2)CC2CCNCCN32)c1. The van der Waals surface area contributed by atoms with Gasteiger partial charge in [0.1, 0.15) is 0 Å². The molecule has 1 fully saturated rings. The van der Waals surface area contributed by atoms with E-state index in [1.165, 1.54) is 30.2 Å². The second-order valence-electron chi connectivity index (χ2n) is 6.70. The molecule has 1 saturated heterocycles. The number of benzene rings is 2. The molecule has 2 aromatic carbocycles. The van der Waals surface area contributed by atoms with E-state index in [0.717, 1.165) is 37.3 Å². The van der Waals surface area contributed by atoms with E-state index in [9.17, 15) is 4.79 Å². The summed E-state index contributed by atoms with van der Waals surface area (Å²) in [5, 5.41) is 6.35. The molecule has 4 rings (SSSR count). The Kier molecular flexibility index (Phi) is 3.98. The molecular formula is C20H23N3O. The lowest BCUT2D eigenvalue weighted by Crippen LogP contribution is -2.32. The molecule has 2 N–H and O–H groups in total. The van der Waals surface area contributed by atoms with Crippen LogP contribution in [0.3, 0.4) is 0 Å². The largest absolute Gasteiger partial charge is 0.367 e. The summed E-state index contributed by atoms with van der Waals surface area (Å²) in [6, 6.07) is 15.5. The van der Waals surface area contributed by atoms with Gasteiger partial charge in [-0.2, -0.15) is 0 Å². The summed E-state index contributed by atoms with van der Waals surface area (Å²) in [5.41, 5.74) is 6.06. The quantitative estimate of drug-likeness (QED) is 0.893. The molecule has 4 nitrogen and oxygen atoms in total. The number of hydrogen-bond acceptors (Lipinski definition) is 3. The van der Waals surface area contributed by atoms with Gasteiger partial charge in [-0.05, 0) is 60.3 Å². The molecule has 1 atom stereocenters. The van der Waals surface area contributed by atoms with Gasteiger partial charge in [0.05, 0.1) is 0 Å². The standard InChI is InChI=1S/C20H23N3O/c1-14(24)22-18-4-2-3-15(12-18)16-5-6-20-17(11-16)13-19-7-8-21-9-10-23(19)20/h2-6,11-12,19,21H,7-10,13H2,1H3,(H,22,24). The highest BCUT2D eigenvalue weighted by Crippen LogP contribution is 2.37. The Balaban J connectivity index is 1.64. The molecule has 124 valence electrons. The van der Waals surface area contributed by atoms with Crippen molar-refractivity contribution in [1.82, 2.24) is 5.32 Å². The molecule has 24 heavy (non-hydrogen) atoms. The number of anilines is 2. The van der Waals surface area contributed by atoms with E-state index in [-0.39, 0.29) is 5.91 Å². The number of nitrogens with one attached hydrogen (secondary N) is 2. The van der Waals surface area contributed by atoms with E-state index in [0.29, 0.717) is 6.04 Å². The van der Waals surface area contributed by atoms with Crippen molar-refractivity contribution >= 4 is 17.3 Å². The van der Waals surface area contributed by atoms with Gasteiger partial charge in [0.15, 0.2) is 0 Å². The van der Waals surface area contributed by atoms with E-state index >= 15 is 0 Å². The maximum atomic E-state index is 11.3. The van der Waals surface area contributed by atoms with E-state index in [4.69, 9.17) is 0 Å². The van der Waals surface area contributed by atoms with Crippen molar-refractivity contribution in [2.45, 2.75) is 25.8 Å². The first kappa shape index (κ1) is 15.2. The molecule has 0 radical (unpaired) electrons. The number of nitrogens with zero attached hydrogens (tertiary/aromatic N) is 1. The highest BCUT2D eigenvalue weighted by molar-refractivity contribution is 5.89. The van der Waals surface area contributed by atoms with Crippen LogP contribution in [0.4, 0.5) is 11.4 Å². The second kappa shape index (κ2) is 6.29. The van der Waals surface area contributed by atoms with E-state index in [1.54, 1.807) is 0 Å². The van der Waals surface area contributed by atoms with Gasteiger partial charge in [0.2, 0.25) is 5.91 Å². The van der Waals surface area contributed by atoms with Crippen LogP contribution in [0.15, 0.2) is 42.5 Å². The minimum Gasteiger partial charge on any atom is -0.367 e. The van der Waals surface area contributed by atoms with Gasteiger partial charge in [-0.3, -0.25) is 4.79 Å². The number of hydrogen-bond donors (Lipinski definition) is 2. The van der Waals surface area contributed by atoms with Crippen molar-refractivity contribution < 1.29 is 4.79 Å². The zero-order valence-electron chi connectivity index (χ0n) is 14.0. The Labute approximate surface area is 142 Å². The highest BCUT2D eigenvalue weighted by Gasteiger charge is 2.30. The molecular weight excluding hydrogens is 298 g/mol. The first-order valence-corrected chi connectivity index (χ1v) is 8.69. The van der Waals surface area contributed by atoms with Crippen LogP contribution in [-0.2, 0) is 11.2 Å². The lowest BCUT2D eigenvalue weighted by Gasteiger charge is -2.24. The first-order valence-electron chi connectivity index (χ1n) is 8.69. The number of carbonyl (C=O) groups is 1. The Morgan fingerprint density at radius 3 is 2.92 bits per heavy atom. The van der Waals surface area contributed by atoms with E-state index in [2.05, 4.69) is 39.8 Å². The fraction of sp³-hybridized carbons (Fsp3) is 0.350. The molecule has 0 saturated carbocycles. The zero-order valence-corrected chi connectivity index (χ0v) is 14.0. The smallest absolute Gasteiger partial charge is 0.221 e.